The molecule has 0 saturated heterocycles. The van der Waals surface area contributed by atoms with Gasteiger partial charge in [-0.25, -0.2) is 9.97 Å². The summed E-state index contributed by atoms with van der Waals surface area (Å²) in [4.78, 5) is 11.5. The van der Waals surface area contributed by atoms with Crippen molar-refractivity contribution in [3.05, 3.63) is 45.0 Å². The SMILES string of the molecule is CC(C)(C)C1CCc2c(sc3ncnc(Nc4cccc(Cl)c4Cl)c23)C1. The van der Waals surface area contributed by atoms with E-state index in [4.69, 9.17) is 23.2 Å². The number of fused-ring (bicyclic) bond motifs is 3. The molecular weight excluding hydrogens is 385 g/mol. The van der Waals surface area contributed by atoms with Gasteiger partial charge in [-0.3, -0.25) is 0 Å². The van der Waals surface area contributed by atoms with Crippen molar-refractivity contribution in [1.29, 1.82) is 0 Å². The van der Waals surface area contributed by atoms with E-state index in [0.717, 1.165) is 34.6 Å². The highest BCUT2D eigenvalue weighted by Gasteiger charge is 2.31. The summed E-state index contributed by atoms with van der Waals surface area (Å²) >= 11 is 14.3. The Morgan fingerprint density at radius 1 is 1.19 bits per heavy atom. The van der Waals surface area contributed by atoms with Crippen molar-refractivity contribution in [2.75, 3.05) is 5.32 Å². The quantitative estimate of drug-likeness (QED) is 0.503. The van der Waals surface area contributed by atoms with Gasteiger partial charge in [0.2, 0.25) is 0 Å². The van der Waals surface area contributed by atoms with Crippen LogP contribution in [0.15, 0.2) is 24.5 Å². The normalized spacial score (nSPS) is 17.3. The molecule has 0 radical (unpaired) electrons. The summed E-state index contributed by atoms with van der Waals surface area (Å²) in [6.45, 7) is 7.01. The smallest absolute Gasteiger partial charge is 0.142 e. The molecule has 26 heavy (non-hydrogen) atoms. The highest BCUT2D eigenvalue weighted by atomic mass is 35.5. The number of benzene rings is 1. The van der Waals surface area contributed by atoms with Crippen molar-refractivity contribution in [3.8, 4) is 0 Å². The molecule has 1 unspecified atom stereocenters. The summed E-state index contributed by atoms with van der Waals surface area (Å²) in [5.74, 6) is 1.51. The van der Waals surface area contributed by atoms with Gasteiger partial charge >= 0.3 is 0 Å². The molecule has 0 amide bonds. The van der Waals surface area contributed by atoms with Gasteiger partial charge in [0, 0.05) is 4.88 Å². The van der Waals surface area contributed by atoms with E-state index in [0.29, 0.717) is 21.4 Å². The Balaban J connectivity index is 1.76. The number of hydrogen-bond acceptors (Lipinski definition) is 4. The van der Waals surface area contributed by atoms with Crippen LogP contribution in [0.25, 0.3) is 10.2 Å². The fourth-order valence-corrected chi connectivity index (χ4v) is 5.29. The van der Waals surface area contributed by atoms with Gasteiger partial charge in [-0.15, -0.1) is 11.3 Å². The second-order valence-electron chi connectivity index (χ2n) is 7.94. The monoisotopic (exact) mass is 405 g/mol. The summed E-state index contributed by atoms with van der Waals surface area (Å²) in [5.41, 5.74) is 2.49. The zero-order chi connectivity index (χ0) is 18.5. The van der Waals surface area contributed by atoms with E-state index in [1.807, 2.05) is 12.1 Å². The predicted molar refractivity (Wildman–Crippen MR) is 112 cm³/mol. The molecule has 136 valence electrons. The van der Waals surface area contributed by atoms with Gasteiger partial charge in [-0.2, -0.15) is 0 Å². The maximum Gasteiger partial charge on any atom is 0.142 e. The van der Waals surface area contributed by atoms with E-state index >= 15 is 0 Å². The minimum absolute atomic E-state index is 0.328. The van der Waals surface area contributed by atoms with Gasteiger partial charge in [0.1, 0.15) is 17.0 Å². The van der Waals surface area contributed by atoms with E-state index in [-0.39, 0.29) is 0 Å². The molecule has 0 fully saturated rings. The molecule has 1 aromatic carbocycles. The van der Waals surface area contributed by atoms with E-state index in [1.54, 1.807) is 23.7 Å². The number of thiophene rings is 1. The zero-order valence-corrected chi connectivity index (χ0v) is 17.4. The number of aryl methyl sites for hydroxylation is 1. The second-order valence-corrected chi connectivity index (χ2v) is 9.81. The topological polar surface area (TPSA) is 37.8 Å². The van der Waals surface area contributed by atoms with Crippen LogP contribution in [0.1, 0.15) is 37.6 Å². The lowest BCUT2D eigenvalue weighted by Gasteiger charge is -2.33. The highest BCUT2D eigenvalue weighted by Crippen LogP contribution is 2.45. The van der Waals surface area contributed by atoms with Crippen LogP contribution < -0.4 is 5.32 Å². The van der Waals surface area contributed by atoms with Crippen molar-refractivity contribution in [1.82, 2.24) is 9.97 Å². The van der Waals surface area contributed by atoms with Gasteiger partial charge in [0.05, 0.1) is 21.1 Å². The molecule has 0 saturated carbocycles. The Hall–Kier alpha value is -1.36. The molecule has 3 aromatic rings. The number of hydrogen-bond donors (Lipinski definition) is 1. The van der Waals surface area contributed by atoms with Crippen LogP contribution >= 0.6 is 34.5 Å². The molecule has 6 heteroatoms. The largest absolute Gasteiger partial charge is 0.338 e. The molecule has 1 aliphatic carbocycles. The third kappa shape index (κ3) is 3.19. The predicted octanol–water partition coefficient (Wildman–Crippen LogP) is 6.89. The standard InChI is InChI=1S/C20H21Cl2N3S/c1-20(2,3)11-7-8-12-15(9-11)26-19-16(12)18(23-10-24-19)25-14-6-4-5-13(21)17(14)22/h4-6,10-11H,7-9H2,1-3H3,(H,23,24,25). The maximum absolute atomic E-state index is 6.35. The minimum Gasteiger partial charge on any atom is -0.338 e. The Kier molecular flexibility index (Phi) is 4.62. The lowest BCUT2D eigenvalue weighted by molar-refractivity contribution is 0.218. The molecular formula is C20H21Cl2N3S. The summed E-state index contributed by atoms with van der Waals surface area (Å²) in [5, 5.41) is 5.55. The number of anilines is 2. The van der Waals surface area contributed by atoms with Gasteiger partial charge < -0.3 is 5.32 Å². The number of nitrogens with one attached hydrogen (secondary N) is 1. The second kappa shape index (κ2) is 6.66. The summed E-state index contributed by atoms with van der Waals surface area (Å²) in [6.07, 6.45) is 5.01. The fraction of sp³-hybridized carbons (Fsp3) is 0.400. The number of aromatic nitrogens is 2. The van der Waals surface area contributed by atoms with Gasteiger partial charge in [-0.1, -0.05) is 50.0 Å². The number of halogens is 2. The molecule has 1 aliphatic rings. The molecule has 2 aromatic heterocycles. The van der Waals surface area contributed by atoms with Gasteiger partial charge in [-0.05, 0) is 48.3 Å². The van der Waals surface area contributed by atoms with Crippen molar-refractivity contribution < 1.29 is 0 Å². The average molecular weight is 406 g/mol. The van der Waals surface area contributed by atoms with Crippen molar-refractivity contribution in [2.45, 2.75) is 40.0 Å². The van der Waals surface area contributed by atoms with Crippen molar-refractivity contribution in [3.63, 3.8) is 0 Å². The molecule has 0 aliphatic heterocycles. The van der Waals surface area contributed by atoms with Crippen LogP contribution in [0.3, 0.4) is 0 Å². The van der Waals surface area contributed by atoms with Crippen LogP contribution in [0.5, 0.6) is 0 Å². The molecule has 1 N–H and O–H groups in total. The molecule has 3 nitrogen and oxygen atoms in total. The maximum atomic E-state index is 6.35. The Labute approximate surface area is 167 Å². The van der Waals surface area contributed by atoms with Crippen LogP contribution in [-0.4, -0.2) is 9.97 Å². The number of nitrogens with zero attached hydrogens (tertiary/aromatic N) is 2. The first kappa shape index (κ1) is 18.0. The minimum atomic E-state index is 0.328. The molecule has 2 heterocycles. The Bertz CT molecular complexity index is 975. The van der Waals surface area contributed by atoms with Crippen LogP contribution in [0.4, 0.5) is 11.5 Å². The highest BCUT2D eigenvalue weighted by molar-refractivity contribution is 7.19. The molecule has 4 rings (SSSR count). The van der Waals surface area contributed by atoms with Crippen LogP contribution in [0.2, 0.25) is 10.0 Å². The van der Waals surface area contributed by atoms with E-state index in [2.05, 4.69) is 36.1 Å². The molecule has 0 bridgehead atoms. The van der Waals surface area contributed by atoms with Crippen LogP contribution in [-0.2, 0) is 12.8 Å². The van der Waals surface area contributed by atoms with E-state index in [1.165, 1.54) is 16.9 Å². The van der Waals surface area contributed by atoms with E-state index in [9.17, 15) is 0 Å². The lowest BCUT2D eigenvalue weighted by atomic mass is 9.72. The first-order valence-electron chi connectivity index (χ1n) is 8.81. The van der Waals surface area contributed by atoms with Crippen LogP contribution in [0, 0.1) is 11.3 Å². The van der Waals surface area contributed by atoms with Crippen molar-refractivity contribution in [2.24, 2.45) is 11.3 Å². The molecule has 1 atom stereocenters. The van der Waals surface area contributed by atoms with Gasteiger partial charge in [0.15, 0.2) is 0 Å². The third-order valence-corrected chi connectivity index (χ3v) is 7.26. The van der Waals surface area contributed by atoms with E-state index < -0.39 is 0 Å². The first-order valence-corrected chi connectivity index (χ1v) is 10.4. The third-order valence-electron chi connectivity index (χ3n) is 5.27. The number of rotatable bonds is 2. The summed E-state index contributed by atoms with van der Waals surface area (Å²) in [7, 11) is 0. The lowest BCUT2D eigenvalue weighted by Crippen LogP contribution is -2.26. The summed E-state index contributed by atoms with van der Waals surface area (Å²) in [6, 6.07) is 5.58. The molecule has 0 spiro atoms. The fourth-order valence-electron chi connectivity index (χ4n) is 3.67. The van der Waals surface area contributed by atoms with Crippen molar-refractivity contribution >= 4 is 56.3 Å². The average Bonchev–Trinajstić information content (AvgIpc) is 2.97. The Morgan fingerprint density at radius 3 is 2.77 bits per heavy atom. The van der Waals surface area contributed by atoms with Gasteiger partial charge in [0.25, 0.3) is 0 Å². The Morgan fingerprint density at radius 2 is 2.00 bits per heavy atom. The first-order chi connectivity index (χ1) is 12.3. The summed E-state index contributed by atoms with van der Waals surface area (Å²) < 4.78 is 0. The zero-order valence-electron chi connectivity index (χ0n) is 15.1.